The minimum Gasteiger partial charge on any atom is -0.394 e. The molecule has 1 aliphatic heterocycles. The van der Waals surface area contributed by atoms with E-state index in [4.69, 9.17) is 14.2 Å². The highest BCUT2D eigenvalue weighted by molar-refractivity contribution is 5.22. The molecule has 0 aromatic heterocycles. The lowest BCUT2D eigenvalue weighted by Crippen LogP contribution is -2.60. The van der Waals surface area contributed by atoms with Crippen molar-refractivity contribution in [2.45, 2.75) is 67.6 Å². The summed E-state index contributed by atoms with van der Waals surface area (Å²) in [6.07, 6.45) is -13.7. The van der Waals surface area contributed by atoms with Crippen LogP contribution in [-0.2, 0) is 14.2 Å². The van der Waals surface area contributed by atoms with E-state index in [1.165, 1.54) is 0 Å². The Morgan fingerprint density at radius 2 is 1.59 bits per heavy atom. The summed E-state index contributed by atoms with van der Waals surface area (Å²) in [5.41, 5.74) is 0.567. The zero-order valence-electron chi connectivity index (χ0n) is 17.2. The van der Waals surface area contributed by atoms with Crippen LogP contribution < -0.4 is 0 Å². The van der Waals surface area contributed by atoms with Crippen molar-refractivity contribution < 1.29 is 50.0 Å². The molecule has 0 amide bonds. The Labute approximate surface area is 184 Å². The largest absolute Gasteiger partial charge is 0.394 e. The molecular formula is C21H29NO10. The smallest absolute Gasteiger partial charge is 0.186 e. The van der Waals surface area contributed by atoms with Gasteiger partial charge >= 0.3 is 0 Å². The van der Waals surface area contributed by atoms with Crippen LogP contribution in [-0.4, -0.2) is 104 Å². The van der Waals surface area contributed by atoms with Gasteiger partial charge in [-0.2, -0.15) is 5.26 Å². The van der Waals surface area contributed by atoms with Gasteiger partial charge in [0.15, 0.2) is 12.4 Å². The third kappa shape index (κ3) is 5.27. The fraction of sp³-hybridized carbons (Fsp3) is 0.667. The Morgan fingerprint density at radius 1 is 0.938 bits per heavy atom. The van der Waals surface area contributed by atoms with Crippen LogP contribution in [0, 0.1) is 17.2 Å². The zero-order chi connectivity index (χ0) is 23.4. The van der Waals surface area contributed by atoms with Crippen molar-refractivity contribution in [2.24, 2.45) is 5.92 Å². The molecule has 11 atom stereocenters. The van der Waals surface area contributed by atoms with Crippen molar-refractivity contribution in [3.05, 3.63) is 35.9 Å². The molecule has 1 saturated heterocycles. The van der Waals surface area contributed by atoms with Crippen LogP contribution in [0.3, 0.4) is 0 Å². The van der Waals surface area contributed by atoms with E-state index in [-0.39, 0.29) is 13.0 Å². The van der Waals surface area contributed by atoms with Crippen molar-refractivity contribution in [2.75, 3.05) is 13.2 Å². The van der Waals surface area contributed by atoms with Crippen LogP contribution in [0.5, 0.6) is 0 Å². The molecule has 1 aliphatic carbocycles. The molecule has 1 aromatic rings. The van der Waals surface area contributed by atoms with Crippen molar-refractivity contribution in [1.82, 2.24) is 0 Å². The van der Waals surface area contributed by atoms with Crippen molar-refractivity contribution in [3.8, 4) is 6.07 Å². The van der Waals surface area contributed by atoms with E-state index in [9.17, 15) is 41.0 Å². The maximum absolute atomic E-state index is 10.4. The Morgan fingerprint density at radius 3 is 2.22 bits per heavy atom. The molecule has 2 aliphatic rings. The molecule has 32 heavy (non-hydrogen) atoms. The minimum absolute atomic E-state index is 0.0157. The summed E-state index contributed by atoms with van der Waals surface area (Å²) < 4.78 is 16.5. The van der Waals surface area contributed by atoms with Gasteiger partial charge in [0.25, 0.3) is 0 Å². The normalized spacial score (nSPS) is 41.1. The van der Waals surface area contributed by atoms with Crippen LogP contribution >= 0.6 is 0 Å². The molecule has 11 nitrogen and oxygen atoms in total. The lowest BCUT2D eigenvalue weighted by atomic mass is 9.81. The van der Waals surface area contributed by atoms with Gasteiger partial charge in [-0.25, -0.2) is 0 Å². The second kappa shape index (κ2) is 11.0. The molecule has 0 bridgehead atoms. The van der Waals surface area contributed by atoms with E-state index in [0.29, 0.717) is 5.56 Å². The van der Waals surface area contributed by atoms with Gasteiger partial charge < -0.3 is 50.0 Å². The summed E-state index contributed by atoms with van der Waals surface area (Å²) in [7, 11) is 0. The second-order valence-corrected chi connectivity index (χ2v) is 8.09. The number of nitrogens with zero attached hydrogens (tertiary/aromatic N) is 1. The van der Waals surface area contributed by atoms with E-state index in [0.717, 1.165) is 0 Å². The van der Waals surface area contributed by atoms with Gasteiger partial charge in [0.05, 0.1) is 31.5 Å². The zero-order valence-corrected chi connectivity index (χ0v) is 17.2. The van der Waals surface area contributed by atoms with Crippen LogP contribution in [0.15, 0.2) is 30.3 Å². The number of benzene rings is 1. The first kappa shape index (κ1) is 24.9. The van der Waals surface area contributed by atoms with E-state index >= 15 is 0 Å². The lowest BCUT2D eigenvalue weighted by molar-refractivity contribution is -0.307. The van der Waals surface area contributed by atoms with Gasteiger partial charge in [-0.3, -0.25) is 0 Å². The maximum Gasteiger partial charge on any atom is 0.186 e. The molecule has 3 rings (SSSR count). The number of aliphatic hydroxyl groups is 7. The molecule has 1 aromatic carbocycles. The van der Waals surface area contributed by atoms with E-state index in [1.54, 1.807) is 30.3 Å². The molecule has 2 fully saturated rings. The lowest BCUT2D eigenvalue weighted by Gasteiger charge is -2.43. The highest BCUT2D eigenvalue weighted by Gasteiger charge is 2.47. The van der Waals surface area contributed by atoms with Gasteiger partial charge in [-0.15, -0.1) is 0 Å². The van der Waals surface area contributed by atoms with Crippen LogP contribution in [0.25, 0.3) is 0 Å². The van der Waals surface area contributed by atoms with Gasteiger partial charge in [0.2, 0.25) is 0 Å². The van der Waals surface area contributed by atoms with E-state index in [1.807, 2.05) is 6.07 Å². The first-order chi connectivity index (χ1) is 15.3. The molecular weight excluding hydrogens is 426 g/mol. The van der Waals surface area contributed by atoms with Crippen molar-refractivity contribution in [3.63, 3.8) is 0 Å². The minimum atomic E-state index is -1.62. The number of nitriles is 1. The van der Waals surface area contributed by atoms with E-state index in [2.05, 4.69) is 0 Å². The maximum atomic E-state index is 10.4. The standard InChI is InChI=1S/C21H29NO10/c22-7-13(10-4-2-1-3-5-10)31-12-6-11(15(24)18(27)16(12)25)9-30-21-20(29)19(28)17(26)14(8-23)32-21/h1-5,11-21,23-29H,6,8-9H2/t11-,12-,13-,14-,15-,16+,17-,18+,19+,20-,21-/m1/s1. The average Bonchev–Trinajstić information content (AvgIpc) is 2.81. The number of hydrogen-bond acceptors (Lipinski definition) is 11. The summed E-state index contributed by atoms with van der Waals surface area (Å²) in [4.78, 5) is 0. The third-order valence-corrected chi connectivity index (χ3v) is 5.95. The predicted molar refractivity (Wildman–Crippen MR) is 106 cm³/mol. The SMILES string of the molecule is N#C[C@@H](O[C@@H]1C[C@H](CO[C@@H]2O[C@H](CO)[C@@H](O)[C@H](O)[C@H]2O)[C@@H](O)[C@H](O)[C@H]1O)c1ccccc1. The molecule has 0 spiro atoms. The first-order valence-electron chi connectivity index (χ1n) is 10.3. The molecule has 0 radical (unpaired) electrons. The van der Waals surface area contributed by atoms with Gasteiger partial charge in [0, 0.05) is 5.92 Å². The van der Waals surface area contributed by atoms with Crippen LogP contribution in [0.1, 0.15) is 18.1 Å². The highest BCUT2D eigenvalue weighted by Crippen LogP contribution is 2.32. The number of aliphatic hydroxyl groups excluding tert-OH is 7. The molecule has 7 N–H and O–H groups in total. The summed E-state index contributed by atoms with van der Waals surface area (Å²) in [5, 5.41) is 79.6. The summed E-state index contributed by atoms with van der Waals surface area (Å²) in [6, 6.07) is 10.6. The van der Waals surface area contributed by atoms with Crippen LogP contribution in [0.2, 0.25) is 0 Å². The third-order valence-electron chi connectivity index (χ3n) is 5.95. The second-order valence-electron chi connectivity index (χ2n) is 8.09. The Hall–Kier alpha value is -1.69. The Balaban J connectivity index is 1.65. The topological polar surface area (TPSA) is 193 Å². The number of rotatable bonds is 7. The monoisotopic (exact) mass is 455 g/mol. The predicted octanol–water partition coefficient (Wildman–Crippen LogP) is -2.44. The highest BCUT2D eigenvalue weighted by atomic mass is 16.7. The Bertz CT molecular complexity index is 759. The molecule has 178 valence electrons. The Kier molecular flexibility index (Phi) is 8.54. The van der Waals surface area contributed by atoms with Gasteiger partial charge in [0.1, 0.15) is 36.6 Å². The summed E-state index contributed by atoms with van der Waals surface area (Å²) in [6.45, 7) is -0.886. The van der Waals surface area contributed by atoms with Crippen molar-refractivity contribution in [1.29, 1.82) is 5.26 Å². The summed E-state index contributed by atoms with van der Waals surface area (Å²) in [5.74, 6) is -0.777. The fourth-order valence-electron chi connectivity index (χ4n) is 3.99. The fourth-order valence-corrected chi connectivity index (χ4v) is 3.99. The van der Waals surface area contributed by atoms with E-state index < -0.39 is 73.8 Å². The molecule has 1 heterocycles. The quantitative estimate of drug-likeness (QED) is 0.231. The number of ether oxygens (including phenoxy) is 3. The average molecular weight is 455 g/mol. The molecule has 11 heteroatoms. The molecule has 0 unspecified atom stereocenters. The number of hydrogen-bond donors (Lipinski definition) is 7. The van der Waals surface area contributed by atoms with Gasteiger partial charge in [-0.05, 0) is 12.0 Å². The first-order valence-corrected chi connectivity index (χ1v) is 10.3. The summed E-state index contributed by atoms with van der Waals surface area (Å²) >= 11 is 0. The van der Waals surface area contributed by atoms with Crippen molar-refractivity contribution >= 4 is 0 Å². The molecule has 1 saturated carbocycles. The van der Waals surface area contributed by atoms with Crippen LogP contribution in [0.4, 0.5) is 0 Å². The van der Waals surface area contributed by atoms with Gasteiger partial charge in [-0.1, -0.05) is 30.3 Å².